The molecule has 0 saturated heterocycles. The first-order valence-corrected chi connectivity index (χ1v) is 7.71. The Labute approximate surface area is 131 Å². The molecule has 0 aromatic carbocycles. The number of carbonyl (C=O) groups excluding carboxylic acids is 1. The number of rotatable bonds is 5. The highest BCUT2D eigenvalue weighted by molar-refractivity contribution is 7.18. The molecule has 0 fully saturated rings. The number of aryl methyl sites for hydroxylation is 1. The number of hydrogen-bond donors (Lipinski definition) is 1. The molecule has 108 valence electrons. The molecule has 20 heavy (non-hydrogen) atoms. The van der Waals surface area contributed by atoms with Crippen molar-refractivity contribution in [1.82, 2.24) is 9.78 Å². The largest absolute Gasteiger partial charge is 0.330 e. The zero-order valence-electron chi connectivity index (χ0n) is 11.2. The van der Waals surface area contributed by atoms with Crippen molar-refractivity contribution in [1.29, 1.82) is 0 Å². The summed E-state index contributed by atoms with van der Waals surface area (Å²) in [6, 6.07) is 1.78. The van der Waals surface area contributed by atoms with Crippen LogP contribution in [0.4, 0.5) is 0 Å². The van der Waals surface area contributed by atoms with Crippen molar-refractivity contribution in [3.05, 3.63) is 26.5 Å². The zero-order valence-corrected chi connectivity index (χ0v) is 13.5. The van der Waals surface area contributed by atoms with Crippen molar-refractivity contribution in [2.75, 3.05) is 6.54 Å². The van der Waals surface area contributed by atoms with Crippen LogP contribution in [0, 0.1) is 5.92 Å². The van der Waals surface area contributed by atoms with E-state index in [-0.39, 0.29) is 11.7 Å². The molecule has 0 saturated carbocycles. The molecule has 0 aliphatic carbocycles. The first-order chi connectivity index (χ1) is 9.43. The summed E-state index contributed by atoms with van der Waals surface area (Å²) in [4.78, 5) is 12.8. The number of carbonyl (C=O) groups is 1. The van der Waals surface area contributed by atoms with Crippen LogP contribution in [0.3, 0.4) is 0 Å². The molecular weight excluding hydrogens is 317 g/mol. The number of ketones is 1. The number of thiophene rings is 1. The van der Waals surface area contributed by atoms with Crippen molar-refractivity contribution in [2.45, 2.75) is 13.3 Å². The van der Waals surface area contributed by atoms with E-state index in [1.54, 1.807) is 24.0 Å². The number of aromatic nitrogens is 2. The summed E-state index contributed by atoms with van der Waals surface area (Å²) in [5.41, 5.74) is 7.01. The summed E-state index contributed by atoms with van der Waals surface area (Å²) in [6.45, 7) is 2.44. The molecule has 2 aromatic heterocycles. The van der Waals surface area contributed by atoms with Gasteiger partial charge >= 0.3 is 0 Å². The fourth-order valence-electron chi connectivity index (χ4n) is 1.88. The number of halogens is 2. The van der Waals surface area contributed by atoms with Gasteiger partial charge in [0.1, 0.15) is 4.34 Å². The fraction of sp³-hybridized carbons (Fsp3) is 0.385. The Bertz CT molecular complexity index is 616. The Kier molecular flexibility index (Phi) is 4.86. The van der Waals surface area contributed by atoms with Crippen molar-refractivity contribution in [3.63, 3.8) is 0 Å². The zero-order chi connectivity index (χ0) is 14.9. The van der Waals surface area contributed by atoms with Crippen LogP contribution in [-0.4, -0.2) is 22.1 Å². The summed E-state index contributed by atoms with van der Waals surface area (Å²) in [6.07, 6.45) is 1.98. The molecule has 2 aromatic rings. The van der Waals surface area contributed by atoms with Crippen molar-refractivity contribution >= 4 is 40.3 Å². The molecule has 0 radical (unpaired) electrons. The third-order valence-corrected chi connectivity index (χ3v) is 4.72. The lowest BCUT2D eigenvalue weighted by Crippen LogP contribution is -2.14. The maximum atomic E-state index is 12.2. The predicted octanol–water partition coefficient (Wildman–Crippen LogP) is 3.62. The molecule has 7 heteroatoms. The van der Waals surface area contributed by atoms with Gasteiger partial charge in [0, 0.05) is 19.0 Å². The van der Waals surface area contributed by atoms with Crippen LogP contribution in [0.25, 0.3) is 11.3 Å². The van der Waals surface area contributed by atoms with Gasteiger partial charge < -0.3 is 5.73 Å². The standard InChI is InChI=1S/C13H15Cl2N3OS/c1-7(5-16)3-10(19)11-4-8(13(15)20-11)12-9(14)6-17-18(12)2/h4,6-7H,3,5,16H2,1-2H3/t7-/m1/s1. The van der Waals surface area contributed by atoms with E-state index in [4.69, 9.17) is 28.9 Å². The number of Topliss-reactive ketones (excluding diaryl/α,β-unsaturated/α-hetero) is 1. The van der Waals surface area contributed by atoms with Gasteiger partial charge in [-0.3, -0.25) is 9.48 Å². The summed E-state index contributed by atoms with van der Waals surface area (Å²) in [7, 11) is 1.78. The van der Waals surface area contributed by atoms with Crippen LogP contribution < -0.4 is 5.73 Å². The van der Waals surface area contributed by atoms with E-state index in [1.165, 1.54) is 11.3 Å². The topological polar surface area (TPSA) is 60.9 Å². The number of nitrogens with zero attached hydrogens (tertiary/aromatic N) is 2. The lowest BCUT2D eigenvalue weighted by atomic mass is 10.0. The van der Waals surface area contributed by atoms with Gasteiger partial charge in [-0.05, 0) is 18.5 Å². The molecule has 2 heterocycles. The van der Waals surface area contributed by atoms with Gasteiger partial charge in [-0.2, -0.15) is 5.10 Å². The van der Waals surface area contributed by atoms with Crippen LogP contribution in [-0.2, 0) is 7.05 Å². The summed E-state index contributed by atoms with van der Waals surface area (Å²) >= 11 is 13.6. The smallest absolute Gasteiger partial charge is 0.173 e. The van der Waals surface area contributed by atoms with Gasteiger partial charge in [0.25, 0.3) is 0 Å². The third-order valence-electron chi connectivity index (χ3n) is 3.05. The monoisotopic (exact) mass is 331 g/mol. The van der Waals surface area contributed by atoms with E-state index < -0.39 is 0 Å². The summed E-state index contributed by atoms with van der Waals surface area (Å²) < 4.78 is 2.19. The Hall–Kier alpha value is -0.880. The molecule has 1 atom stereocenters. The van der Waals surface area contributed by atoms with Gasteiger partial charge in [0.15, 0.2) is 5.78 Å². The molecule has 0 aliphatic rings. The second-order valence-electron chi connectivity index (χ2n) is 4.73. The van der Waals surface area contributed by atoms with Gasteiger partial charge in [-0.25, -0.2) is 0 Å². The minimum atomic E-state index is 0.0550. The maximum Gasteiger partial charge on any atom is 0.173 e. The molecular formula is C13H15Cl2N3OS. The molecule has 4 nitrogen and oxygen atoms in total. The highest BCUT2D eigenvalue weighted by Crippen LogP contribution is 2.39. The lowest BCUT2D eigenvalue weighted by molar-refractivity contribution is 0.0970. The maximum absolute atomic E-state index is 12.2. The van der Waals surface area contributed by atoms with Crippen molar-refractivity contribution in [2.24, 2.45) is 18.7 Å². The van der Waals surface area contributed by atoms with Gasteiger partial charge in [-0.1, -0.05) is 30.1 Å². The van der Waals surface area contributed by atoms with Crippen LogP contribution >= 0.6 is 34.5 Å². The summed E-state index contributed by atoms with van der Waals surface area (Å²) in [5, 5.41) is 4.59. The van der Waals surface area contributed by atoms with E-state index >= 15 is 0 Å². The van der Waals surface area contributed by atoms with Crippen molar-refractivity contribution in [3.8, 4) is 11.3 Å². The van der Waals surface area contributed by atoms with E-state index in [2.05, 4.69) is 5.10 Å². The second-order valence-corrected chi connectivity index (χ2v) is 6.79. The Morgan fingerprint density at radius 3 is 2.80 bits per heavy atom. The highest BCUT2D eigenvalue weighted by atomic mass is 35.5. The van der Waals surface area contributed by atoms with E-state index in [0.717, 1.165) is 11.3 Å². The van der Waals surface area contributed by atoms with E-state index in [0.29, 0.717) is 27.2 Å². The van der Waals surface area contributed by atoms with Crippen LogP contribution in [0.2, 0.25) is 9.36 Å². The molecule has 0 spiro atoms. The lowest BCUT2D eigenvalue weighted by Gasteiger charge is -2.05. The Morgan fingerprint density at radius 2 is 2.25 bits per heavy atom. The predicted molar refractivity (Wildman–Crippen MR) is 83.7 cm³/mol. The molecule has 0 amide bonds. The summed E-state index contributed by atoms with van der Waals surface area (Å²) in [5.74, 6) is 0.214. The van der Waals surface area contributed by atoms with E-state index in [1.807, 2.05) is 6.92 Å². The Balaban J connectivity index is 2.33. The number of nitrogens with two attached hydrogens (primary N) is 1. The van der Waals surface area contributed by atoms with Crippen LogP contribution in [0.1, 0.15) is 23.0 Å². The van der Waals surface area contributed by atoms with Crippen LogP contribution in [0.15, 0.2) is 12.3 Å². The third kappa shape index (κ3) is 3.06. The quantitative estimate of drug-likeness (QED) is 0.851. The normalized spacial score (nSPS) is 12.7. The molecule has 2 N–H and O–H groups in total. The van der Waals surface area contributed by atoms with Gasteiger partial charge in [0.2, 0.25) is 0 Å². The molecule has 0 aliphatic heterocycles. The Morgan fingerprint density at radius 1 is 1.55 bits per heavy atom. The van der Waals surface area contributed by atoms with Crippen molar-refractivity contribution < 1.29 is 4.79 Å². The minimum absolute atomic E-state index is 0.0550. The average molecular weight is 332 g/mol. The number of hydrogen-bond acceptors (Lipinski definition) is 4. The van der Waals surface area contributed by atoms with Gasteiger partial charge in [0.05, 0.1) is 21.8 Å². The highest BCUT2D eigenvalue weighted by Gasteiger charge is 2.20. The van der Waals surface area contributed by atoms with E-state index in [9.17, 15) is 4.79 Å². The second kappa shape index (κ2) is 6.26. The first kappa shape index (κ1) is 15.5. The van der Waals surface area contributed by atoms with Crippen LogP contribution in [0.5, 0.6) is 0 Å². The first-order valence-electron chi connectivity index (χ1n) is 6.14. The molecule has 0 bridgehead atoms. The molecule has 2 rings (SSSR count). The van der Waals surface area contributed by atoms with Gasteiger partial charge in [-0.15, -0.1) is 11.3 Å². The molecule has 0 unspecified atom stereocenters. The fourth-order valence-corrected chi connectivity index (χ4v) is 3.38. The average Bonchev–Trinajstić information content (AvgIpc) is 2.93. The minimum Gasteiger partial charge on any atom is -0.330 e. The SMILES string of the molecule is C[C@@H](CN)CC(=O)c1cc(-c2c(Cl)cnn2C)c(Cl)s1.